The summed E-state index contributed by atoms with van der Waals surface area (Å²) in [6, 6.07) is 23.0. The van der Waals surface area contributed by atoms with E-state index in [1.807, 2.05) is 71.5 Å². The molecule has 0 bridgehead atoms. The van der Waals surface area contributed by atoms with Crippen LogP contribution in [0.1, 0.15) is 23.1 Å². The lowest BCUT2D eigenvalue weighted by atomic mass is 10.1. The molecule has 0 aliphatic rings. The standard InChI is InChI=1S/C25H24N4O2/c30-24(14-13-22-17-27-29(19-22)23-6-2-1-3-7-23)26-16-20-9-11-21(12-10-20)18-28-15-5-4-8-25(28)31/h1-12,15,17,19H,13-14,16,18H2,(H,26,30). The van der Waals surface area contributed by atoms with Crippen LogP contribution < -0.4 is 10.9 Å². The topological polar surface area (TPSA) is 68.9 Å². The number of carbonyl (C=O) groups excluding carboxylic acids is 1. The van der Waals surface area contributed by atoms with Gasteiger partial charge in [0.1, 0.15) is 0 Å². The maximum atomic E-state index is 12.2. The minimum Gasteiger partial charge on any atom is -0.352 e. The molecule has 0 radical (unpaired) electrons. The van der Waals surface area contributed by atoms with Gasteiger partial charge in [0.15, 0.2) is 0 Å². The first-order valence-corrected chi connectivity index (χ1v) is 10.3. The highest BCUT2D eigenvalue weighted by Crippen LogP contribution is 2.10. The van der Waals surface area contributed by atoms with Gasteiger partial charge in [-0.1, -0.05) is 48.5 Å². The summed E-state index contributed by atoms with van der Waals surface area (Å²) < 4.78 is 3.48. The highest BCUT2D eigenvalue weighted by Gasteiger charge is 2.06. The Hall–Kier alpha value is -3.93. The molecule has 2 aromatic heterocycles. The van der Waals surface area contributed by atoms with Crippen molar-refractivity contribution < 1.29 is 4.79 Å². The molecule has 4 rings (SSSR count). The number of benzene rings is 2. The Balaban J connectivity index is 1.24. The zero-order valence-electron chi connectivity index (χ0n) is 17.1. The van der Waals surface area contributed by atoms with Crippen molar-refractivity contribution in [2.45, 2.75) is 25.9 Å². The van der Waals surface area contributed by atoms with Gasteiger partial charge in [-0.25, -0.2) is 4.68 Å². The third-order valence-electron chi connectivity index (χ3n) is 5.06. The fourth-order valence-corrected chi connectivity index (χ4v) is 3.31. The number of nitrogens with one attached hydrogen (secondary N) is 1. The smallest absolute Gasteiger partial charge is 0.250 e. The molecule has 0 atom stereocenters. The van der Waals surface area contributed by atoms with Crippen molar-refractivity contribution in [2.24, 2.45) is 0 Å². The lowest BCUT2D eigenvalue weighted by Crippen LogP contribution is -2.23. The van der Waals surface area contributed by atoms with Crippen LogP contribution in [0.3, 0.4) is 0 Å². The molecule has 0 saturated carbocycles. The van der Waals surface area contributed by atoms with Crippen molar-refractivity contribution in [3.05, 3.63) is 118 Å². The van der Waals surface area contributed by atoms with Crippen LogP contribution in [-0.2, 0) is 24.3 Å². The van der Waals surface area contributed by atoms with Crippen molar-refractivity contribution in [2.75, 3.05) is 0 Å². The molecule has 4 aromatic rings. The van der Waals surface area contributed by atoms with Crippen LogP contribution in [0.25, 0.3) is 5.69 Å². The van der Waals surface area contributed by atoms with Crippen molar-refractivity contribution in [3.63, 3.8) is 0 Å². The second-order valence-corrected chi connectivity index (χ2v) is 7.39. The number of carbonyl (C=O) groups is 1. The third-order valence-corrected chi connectivity index (χ3v) is 5.06. The highest BCUT2D eigenvalue weighted by atomic mass is 16.1. The minimum atomic E-state index is -0.0202. The molecule has 0 aliphatic carbocycles. The van der Waals surface area contributed by atoms with Crippen LogP contribution in [0.15, 0.2) is 96.2 Å². The summed E-state index contributed by atoms with van der Waals surface area (Å²) in [5, 5.41) is 7.33. The Kier molecular flexibility index (Phi) is 6.38. The molecule has 1 N–H and O–H groups in total. The Morgan fingerprint density at radius 3 is 2.39 bits per heavy atom. The van der Waals surface area contributed by atoms with Gasteiger partial charge in [0, 0.05) is 31.4 Å². The van der Waals surface area contributed by atoms with Gasteiger partial charge in [0.2, 0.25) is 5.91 Å². The molecule has 2 aromatic carbocycles. The number of aromatic nitrogens is 3. The van der Waals surface area contributed by atoms with E-state index in [2.05, 4.69) is 10.4 Å². The van der Waals surface area contributed by atoms with Gasteiger partial charge in [-0.2, -0.15) is 5.10 Å². The van der Waals surface area contributed by atoms with Gasteiger partial charge >= 0.3 is 0 Å². The summed E-state index contributed by atoms with van der Waals surface area (Å²) in [4.78, 5) is 24.1. The predicted octanol–water partition coefficient (Wildman–Crippen LogP) is 3.33. The second-order valence-electron chi connectivity index (χ2n) is 7.39. The quantitative estimate of drug-likeness (QED) is 0.483. The van der Waals surface area contributed by atoms with Crippen molar-refractivity contribution in [1.29, 1.82) is 0 Å². The molecule has 156 valence electrons. The molecular weight excluding hydrogens is 388 g/mol. The number of nitrogens with zero attached hydrogens (tertiary/aromatic N) is 3. The summed E-state index contributed by atoms with van der Waals surface area (Å²) in [7, 11) is 0. The van der Waals surface area contributed by atoms with Crippen LogP contribution in [0.5, 0.6) is 0 Å². The molecule has 0 spiro atoms. The SMILES string of the molecule is O=C(CCc1cnn(-c2ccccc2)c1)NCc1ccc(Cn2ccccc2=O)cc1. The van der Waals surface area contributed by atoms with Crippen molar-refractivity contribution in [3.8, 4) is 5.69 Å². The molecule has 1 amide bonds. The van der Waals surface area contributed by atoms with Gasteiger partial charge in [-0.05, 0) is 41.3 Å². The van der Waals surface area contributed by atoms with Gasteiger partial charge in [-0.3, -0.25) is 9.59 Å². The fourth-order valence-electron chi connectivity index (χ4n) is 3.31. The number of pyridine rings is 1. The van der Waals surface area contributed by atoms with Crippen LogP contribution in [0.4, 0.5) is 0 Å². The number of aryl methyl sites for hydroxylation is 1. The lowest BCUT2D eigenvalue weighted by molar-refractivity contribution is -0.121. The lowest BCUT2D eigenvalue weighted by Gasteiger charge is -2.08. The van der Waals surface area contributed by atoms with E-state index in [9.17, 15) is 9.59 Å². The maximum Gasteiger partial charge on any atom is 0.250 e. The molecule has 6 heteroatoms. The van der Waals surface area contributed by atoms with Crippen molar-refractivity contribution >= 4 is 5.91 Å². The summed E-state index contributed by atoms with van der Waals surface area (Å²) in [5.74, 6) is 0.00683. The van der Waals surface area contributed by atoms with Crippen molar-refractivity contribution in [1.82, 2.24) is 19.7 Å². The molecule has 2 heterocycles. The Bertz CT molecular complexity index is 1190. The normalized spacial score (nSPS) is 10.7. The zero-order valence-corrected chi connectivity index (χ0v) is 17.1. The van der Waals surface area contributed by atoms with Crippen LogP contribution in [0.2, 0.25) is 0 Å². The Morgan fingerprint density at radius 1 is 0.871 bits per heavy atom. The van der Waals surface area contributed by atoms with Gasteiger partial charge < -0.3 is 9.88 Å². The first kappa shape index (κ1) is 20.3. The molecule has 0 unspecified atom stereocenters. The van der Waals surface area contributed by atoms with Crippen LogP contribution >= 0.6 is 0 Å². The van der Waals surface area contributed by atoms with E-state index >= 15 is 0 Å². The fraction of sp³-hybridized carbons (Fsp3) is 0.160. The maximum absolute atomic E-state index is 12.2. The van der Waals surface area contributed by atoms with Crippen LogP contribution in [0, 0.1) is 0 Å². The van der Waals surface area contributed by atoms with E-state index in [1.54, 1.807) is 29.1 Å². The Morgan fingerprint density at radius 2 is 1.61 bits per heavy atom. The molecule has 0 saturated heterocycles. The predicted molar refractivity (Wildman–Crippen MR) is 120 cm³/mol. The third kappa shape index (κ3) is 5.57. The molecule has 0 fully saturated rings. The van der Waals surface area contributed by atoms with E-state index in [4.69, 9.17) is 0 Å². The average molecular weight is 412 g/mol. The monoisotopic (exact) mass is 412 g/mol. The number of hydrogen-bond acceptors (Lipinski definition) is 3. The number of amides is 1. The largest absolute Gasteiger partial charge is 0.352 e. The number of para-hydroxylation sites is 1. The summed E-state index contributed by atoms with van der Waals surface area (Å²) in [5.41, 5.74) is 4.07. The minimum absolute atomic E-state index is 0.00683. The Labute approximate surface area is 180 Å². The van der Waals surface area contributed by atoms with Crippen LogP contribution in [-0.4, -0.2) is 20.3 Å². The number of hydrogen-bond donors (Lipinski definition) is 1. The van der Waals surface area contributed by atoms with Gasteiger partial charge in [-0.15, -0.1) is 0 Å². The van der Waals surface area contributed by atoms with E-state index in [0.717, 1.165) is 22.4 Å². The second kappa shape index (κ2) is 9.71. The number of rotatable bonds is 8. The van der Waals surface area contributed by atoms with E-state index < -0.39 is 0 Å². The van der Waals surface area contributed by atoms with E-state index in [-0.39, 0.29) is 11.5 Å². The average Bonchev–Trinajstić information content (AvgIpc) is 3.28. The first-order valence-electron chi connectivity index (χ1n) is 10.3. The summed E-state index contributed by atoms with van der Waals surface area (Å²) >= 11 is 0. The van der Waals surface area contributed by atoms with E-state index in [0.29, 0.717) is 25.9 Å². The molecule has 0 aliphatic heterocycles. The van der Waals surface area contributed by atoms with Gasteiger partial charge in [0.05, 0.1) is 18.4 Å². The zero-order chi connectivity index (χ0) is 21.5. The molecule has 31 heavy (non-hydrogen) atoms. The van der Waals surface area contributed by atoms with E-state index in [1.165, 1.54) is 0 Å². The molecule has 6 nitrogen and oxygen atoms in total. The summed E-state index contributed by atoms with van der Waals surface area (Å²) in [6.07, 6.45) is 6.59. The van der Waals surface area contributed by atoms with Gasteiger partial charge in [0.25, 0.3) is 5.56 Å². The molecular formula is C25H24N4O2. The summed E-state index contributed by atoms with van der Waals surface area (Å²) in [6.45, 7) is 1.01. The highest BCUT2D eigenvalue weighted by molar-refractivity contribution is 5.76. The first-order chi connectivity index (χ1) is 15.2.